The number of amides is 1. The molecular formula is C19H19N3O2. The van der Waals surface area contributed by atoms with E-state index in [9.17, 15) is 4.79 Å². The van der Waals surface area contributed by atoms with Crippen molar-refractivity contribution in [3.63, 3.8) is 0 Å². The maximum Gasteiger partial charge on any atom is 0.254 e. The Labute approximate surface area is 140 Å². The maximum absolute atomic E-state index is 12.5. The second-order valence-electron chi connectivity index (χ2n) is 5.56. The summed E-state index contributed by atoms with van der Waals surface area (Å²) in [5.74, 6) is 0.915. The van der Waals surface area contributed by atoms with Gasteiger partial charge in [0.15, 0.2) is 0 Å². The first-order chi connectivity index (χ1) is 11.7. The molecule has 1 heterocycles. The molecule has 0 saturated heterocycles. The number of aryl methyl sites for hydroxylation is 1. The van der Waals surface area contributed by atoms with Crippen molar-refractivity contribution in [3.8, 4) is 11.4 Å². The monoisotopic (exact) mass is 321 g/mol. The molecular weight excluding hydrogens is 302 g/mol. The summed E-state index contributed by atoms with van der Waals surface area (Å²) in [5, 5.41) is 4.01. The molecule has 5 nitrogen and oxygen atoms in total. The van der Waals surface area contributed by atoms with Crippen LogP contribution >= 0.6 is 0 Å². The van der Waals surface area contributed by atoms with Crippen molar-refractivity contribution in [2.45, 2.75) is 20.4 Å². The summed E-state index contributed by atoms with van der Waals surface area (Å²) in [7, 11) is 0. The average molecular weight is 321 g/mol. The molecule has 0 bridgehead atoms. The summed E-state index contributed by atoms with van der Waals surface area (Å²) in [4.78, 5) is 18.6. The summed E-state index contributed by atoms with van der Waals surface area (Å²) in [6.07, 6.45) is 0. The van der Waals surface area contributed by atoms with E-state index < -0.39 is 0 Å². The minimum atomic E-state index is -0.0480. The molecule has 1 amide bonds. The van der Waals surface area contributed by atoms with Crippen molar-refractivity contribution in [2.75, 3.05) is 6.54 Å². The van der Waals surface area contributed by atoms with Crippen LogP contribution in [0.5, 0.6) is 0 Å². The molecule has 0 aliphatic rings. The predicted octanol–water partition coefficient (Wildman–Crippen LogP) is 3.71. The summed E-state index contributed by atoms with van der Waals surface area (Å²) in [5.41, 5.74) is 2.72. The standard InChI is InChI=1S/C19H19N3O2/c1-3-22(19(23)16-7-5-4-6-8-16)13-17-20-18(21-24-17)15-11-9-14(2)10-12-15/h4-12H,3,13H2,1-2H3. The Morgan fingerprint density at radius 1 is 1.08 bits per heavy atom. The van der Waals surface area contributed by atoms with Gasteiger partial charge in [0.1, 0.15) is 6.54 Å². The average Bonchev–Trinajstić information content (AvgIpc) is 3.09. The van der Waals surface area contributed by atoms with Gasteiger partial charge in [-0.1, -0.05) is 53.2 Å². The molecule has 3 aromatic rings. The Hall–Kier alpha value is -2.95. The van der Waals surface area contributed by atoms with E-state index >= 15 is 0 Å². The first-order valence-corrected chi connectivity index (χ1v) is 7.91. The second kappa shape index (κ2) is 7.08. The fourth-order valence-corrected chi connectivity index (χ4v) is 2.39. The predicted molar refractivity (Wildman–Crippen MR) is 91.3 cm³/mol. The Morgan fingerprint density at radius 2 is 1.79 bits per heavy atom. The van der Waals surface area contributed by atoms with Crippen molar-refractivity contribution >= 4 is 5.91 Å². The van der Waals surface area contributed by atoms with Gasteiger partial charge in [-0.2, -0.15) is 4.98 Å². The number of hydrogen-bond donors (Lipinski definition) is 0. The smallest absolute Gasteiger partial charge is 0.254 e. The van der Waals surface area contributed by atoms with E-state index in [-0.39, 0.29) is 5.91 Å². The fourth-order valence-electron chi connectivity index (χ4n) is 2.39. The molecule has 3 rings (SSSR count). The Bertz CT molecular complexity index is 810. The quantitative estimate of drug-likeness (QED) is 0.719. The molecule has 24 heavy (non-hydrogen) atoms. The lowest BCUT2D eigenvalue weighted by atomic mass is 10.1. The number of carbonyl (C=O) groups excluding carboxylic acids is 1. The van der Waals surface area contributed by atoms with Crippen molar-refractivity contribution in [1.29, 1.82) is 0 Å². The first kappa shape index (κ1) is 15.9. The van der Waals surface area contributed by atoms with Crippen LogP contribution in [0.4, 0.5) is 0 Å². The van der Waals surface area contributed by atoms with E-state index in [1.807, 2.05) is 56.3 Å². The molecule has 0 N–H and O–H groups in total. The lowest BCUT2D eigenvalue weighted by molar-refractivity contribution is 0.0734. The lowest BCUT2D eigenvalue weighted by Gasteiger charge is -2.18. The van der Waals surface area contributed by atoms with Gasteiger partial charge in [0, 0.05) is 17.7 Å². The SMILES string of the molecule is CCN(Cc1nc(-c2ccc(C)cc2)no1)C(=O)c1ccccc1. The van der Waals surface area contributed by atoms with Gasteiger partial charge in [0.2, 0.25) is 11.7 Å². The zero-order valence-electron chi connectivity index (χ0n) is 13.8. The Balaban J connectivity index is 1.75. The summed E-state index contributed by atoms with van der Waals surface area (Å²) in [6.45, 7) is 4.82. The van der Waals surface area contributed by atoms with Crippen molar-refractivity contribution in [1.82, 2.24) is 15.0 Å². The van der Waals surface area contributed by atoms with Crippen LogP contribution in [0, 0.1) is 6.92 Å². The molecule has 0 saturated carbocycles. The summed E-state index contributed by atoms with van der Waals surface area (Å²) >= 11 is 0. The molecule has 0 unspecified atom stereocenters. The molecule has 2 aromatic carbocycles. The molecule has 0 fully saturated rings. The number of rotatable bonds is 5. The number of carbonyl (C=O) groups is 1. The summed E-state index contributed by atoms with van der Waals surface area (Å²) < 4.78 is 5.31. The highest BCUT2D eigenvalue weighted by Gasteiger charge is 2.18. The molecule has 0 spiro atoms. The van der Waals surface area contributed by atoms with Gasteiger partial charge in [-0.25, -0.2) is 0 Å². The minimum Gasteiger partial charge on any atom is -0.337 e. The van der Waals surface area contributed by atoms with Crippen molar-refractivity contribution in [2.24, 2.45) is 0 Å². The van der Waals surface area contributed by atoms with E-state index in [4.69, 9.17) is 4.52 Å². The van der Waals surface area contributed by atoms with Crippen LogP contribution in [0.25, 0.3) is 11.4 Å². The first-order valence-electron chi connectivity index (χ1n) is 7.91. The highest BCUT2D eigenvalue weighted by atomic mass is 16.5. The molecule has 0 atom stereocenters. The third-order valence-electron chi connectivity index (χ3n) is 3.79. The number of benzene rings is 2. The van der Waals surface area contributed by atoms with Crippen LogP contribution < -0.4 is 0 Å². The second-order valence-corrected chi connectivity index (χ2v) is 5.56. The molecule has 5 heteroatoms. The van der Waals surface area contributed by atoms with Gasteiger partial charge in [0.25, 0.3) is 5.91 Å². The minimum absolute atomic E-state index is 0.0480. The normalized spacial score (nSPS) is 10.6. The van der Waals surface area contributed by atoms with E-state index in [0.717, 1.165) is 5.56 Å². The van der Waals surface area contributed by atoms with Crippen LogP contribution in [-0.2, 0) is 6.54 Å². The van der Waals surface area contributed by atoms with Gasteiger partial charge < -0.3 is 9.42 Å². The van der Waals surface area contributed by atoms with Gasteiger partial charge in [-0.05, 0) is 26.0 Å². The van der Waals surface area contributed by atoms with E-state index in [0.29, 0.717) is 30.4 Å². The maximum atomic E-state index is 12.5. The van der Waals surface area contributed by atoms with Gasteiger partial charge >= 0.3 is 0 Å². The van der Waals surface area contributed by atoms with Gasteiger partial charge in [-0.15, -0.1) is 0 Å². The highest BCUT2D eigenvalue weighted by molar-refractivity contribution is 5.94. The number of aromatic nitrogens is 2. The number of hydrogen-bond acceptors (Lipinski definition) is 4. The topological polar surface area (TPSA) is 59.2 Å². The van der Waals surface area contributed by atoms with E-state index in [1.54, 1.807) is 17.0 Å². The van der Waals surface area contributed by atoms with Crippen molar-refractivity contribution in [3.05, 3.63) is 71.6 Å². The fraction of sp³-hybridized carbons (Fsp3) is 0.211. The molecule has 0 aliphatic carbocycles. The Morgan fingerprint density at radius 3 is 2.46 bits per heavy atom. The molecule has 122 valence electrons. The third kappa shape index (κ3) is 3.51. The van der Waals surface area contributed by atoms with E-state index in [1.165, 1.54) is 5.56 Å². The van der Waals surface area contributed by atoms with Crippen LogP contribution in [0.3, 0.4) is 0 Å². The van der Waals surface area contributed by atoms with E-state index in [2.05, 4.69) is 10.1 Å². The van der Waals surface area contributed by atoms with Crippen LogP contribution in [0.15, 0.2) is 59.1 Å². The molecule has 0 aliphatic heterocycles. The third-order valence-corrected chi connectivity index (χ3v) is 3.79. The molecule has 0 radical (unpaired) electrons. The summed E-state index contributed by atoms with van der Waals surface area (Å²) in [6, 6.07) is 17.1. The van der Waals surface area contributed by atoms with Crippen LogP contribution in [-0.4, -0.2) is 27.5 Å². The number of nitrogens with zero attached hydrogens (tertiary/aromatic N) is 3. The largest absolute Gasteiger partial charge is 0.337 e. The van der Waals surface area contributed by atoms with Crippen LogP contribution in [0.1, 0.15) is 28.7 Å². The van der Waals surface area contributed by atoms with Crippen LogP contribution in [0.2, 0.25) is 0 Å². The molecule has 1 aromatic heterocycles. The lowest BCUT2D eigenvalue weighted by Crippen LogP contribution is -2.30. The highest BCUT2D eigenvalue weighted by Crippen LogP contribution is 2.17. The zero-order valence-corrected chi connectivity index (χ0v) is 13.8. The van der Waals surface area contributed by atoms with Gasteiger partial charge in [-0.3, -0.25) is 4.79 Å². The Kier molecular flexibility index (Phi) is 4.70. The zero-order chi connectivity index (χ0) is 16.9. The van der Waals surface area contributed by atoms with Crippen molar-refractivity contribution < 1.29 is 9.32 Å². The van der Waals surface area contributed by atoms with Gasteiger partial charge in [0.05, 0.1) is 0 Å².